The van der Waals surface area contributed by atoms with Crippen LogP contribution in [0.5, 0.6) is 0 Å². The van der Waals surface area contributed by atoms with E-state index in [1.807, 2.05) is 72.1 Å². The molecular weight excluding hydrogens is 811 g/mol. The number of hydrogen-bond donors (Lipinski definition) is 3. The number of amides is 3. The van der Waals surface area contributed by atoms with Crippen LogP contribution in [-0.4, -0.2) is 77.8 Å². The van der Waals surface area contributed by atoms with E-state index in [2.05, 4.69) is 26.6 Å². The van der Waals surface area contributed by atoms with E-state index in [1.165, 1.54) is 28.4 Å². The number of anilines is 1. The van der Waals surface area contributed by atoms with Crippen molar-refractivity contribution in [2.75, 3.05) is 11.9 Å². The number of allylic oxidation sites excluding steroid dienone is 1. The summed E-state index contributed by atoms with van der Waals surface area (Å²) in [5.74, 6) is -2.37. The Morgan fingerprint density at radius 1 is 1.02 bits per heavy atom. The summed E-state index contributed by atoms with van der Waals surface area (Å²) in [7, 11) is -3.88. The number of ether oxygens (including phenoxy) is 1. The molecule has 3 heterocycles. The van der Waals surface area contributed by atoms with Crippen molar-refractivity contribution in [3.05, 3.63) is 121 Å². The van der Waals surface area contributed by atoms with Crippen molar-refractivity contribution >= 4 is 56.1 Å². The summed E-state index contributed by atoms with van der Waals surface area (Å²) in [6.45, 7) is 0.260. The van der Waals surface area contributed by atoms with Gasteiger partial charge in [-0.2, -0.15) is 0 Å². The van der Waals surface area contributed by atoms with Gasteiger partial charge in [-0.05, 0) is 80.3 Å². The normalized spacial score (nSPS) is 24.8. The van der Waals surface area contributed by atoms with Crippen LogP contribution in [0.2, 0.25) is 0 Å². The van der Waals surface area contributed by atoms with Gasteiger partial charge in [-0.15, -0.1) is 41.2 Å². The first-order valence-corrected chi connectivity index (χ1v) is 22.5. The molecule has 16 heteroatoms. The fourth-order valence-corrected chi connectivity index (χ4v) is 9.85. The Morgan fingerprint density at radius 3 is 2.54 bits per heavy atom. The summed E-state index contributed by atoms with van der Waals surface area (Å²) in [6, 6.07) is 21.4. The monoisotopic (exact) mass is 859 g/mol. The summed E-state index contributed by atoms with van der Waals surface area (Å²) >= 11 is 1.33. The number of nitrogens with one attached hydrogen (secondary N) is 3. The number of thiazole rings is 1. The molecule has 1 saturated heterocycles. The van der Waals surface area contributed by atoms with Crippen molar-refractivity contribution < 1.29 is 50.8 Å². The fraction of sp³-hybridized carbons (Fsp3) is 0.378. The Balaban J connectivity index is 0.00000311. The zero-order valence-electron chi connectivity index (χ0n) is 34.4. The molecular formula is C45H49FLiN6O6S2-. The molecule has 1 unspecified atom stereocenters. The van der Waals surface area contributed by atoms with Gasteiger partial charge in [0.2, 0.25) is 21.8 Å². The molecule has 2 saturated carbocycles. The molecule has 3 amide bonds. The van der Waals surface area contributed by atoms with Crippen molar-refractivity contribution in [1.82, 2.24) is 19.9 Å². The van der Waals surface area contributed by atoms with Gasteiger partial charge in [-0.25, -0.2) is 17.8 Å². The molecule has 3 N–H and O–H groups in total. The first-order valence-electron chi connectivity index (χ1n) is 20.1. The predicted octanol–water partition coefficient (Wildman–Crippen LogP) is 4.00. The second kappa shape index (κ2) is 20.0. The van der Waals surface area contributed by atoms with E-state index in [4.69, 9.17) is 9.72 Å². The number of hydrogen-bond acceptors (Lipinski definition) is 10. The van der Waals surface area contributed by atoms with Crippen molar-refractivity contribution in [1.29, 1.82) is 0 Å². The van der Waals surface area contributed by atoms with Crippen LogP contribution in [0.15, 0.2) is 101 Å². The van der Waals surface area contributed by atoms with E-state index >= 15 is 0 Å². The third-order valence-corrected chi connectivity index (χ3v) is 13.9. The van der Waals surface area contributed by atoms with Crippen LogP contribution in [0.25, 0.3) is 11.3 Å². The number of para-hydroxylation sites is 1. The maximum absolute atomic E-state index is 14.8. The topological polar surface area (TPSA) is 159 Å². The van der Waals surface area contributed by atoms with Crippen molar-refractivity contribution in [2.45, 2.75) is 93.4 Å². The number of carbonyl (C=O) groups excluding carboxylic acids is 3. The molecule has 2 aliphatic carbocycles. The smallest absolute Gasteiger partial charge is 0.372 e. The first-order chi connectivity index (χ1) is 28.6. The van der Waals surface area contributed by atoms with E-state index in [9.17, 15) is 27.2 Å². The van der Waals surface area contributed by atoms with Crippen LogP contribution >= 0.6 is 11.3 Å². The Bertz CT molecular complexity index is 2340. The van der Waals surface area contributed by atoms with Crippen molar-refractivity contribution in [3.8, 4) is 11.3 Å². The number of benzene rings is 3. The van der Waals surface area contributed by atoms with Gasteiger partial charge >= 0.3 is 18.9 Å². The first kappa shape index (κ1) is 45.9. The largest absolute Gasteiger partial charge is 1.00 e. The number of nitrogens with zero attached hydrogens (tertiary/aromatic N) is 3. The van der Waals surface area contributed by atoms with Gasteiger partial charge in [0.1, 0.15) is 23.4 Å². The Labute approximate surface area is 373 Å². The van der Waals surface area contributed by atoms with Gasteiger partial charge < -0.3 is 32.7 Å². The van der Waals surface area contributed by atoms with Gasteiger partial charge in [0.25, 0.3) is 5.91 Å². The number of carbonyl (C=O) groups is 3. The zero-order valence-corrected chi connectivity index (χ0v) is 36.0. The fourth-order valence-electron chi connectivity index (χ4n) is 7.71. The van der Waals surface area contributed by atoms with E-state index in [0.29, 0.717) is 35.8 Å². The number of fused-ring (bicyclic) bond motifs is 2. The molecule has 2 aliphatic heterocycles. The average Bonchev–Trinajstić information content (AvgIpc) is 4.12. The van der Waals surface area contributed by atoms with Crippen LogP contribution in [0, 0.1) is 19.2 Å². The maximum atomic E-state index is 14.8. The van der Waals surface area contributed by atoms with Crippen LogP contribution in [0.1, 0.15) is 68.9 Å². The van der Waals surface area contributed by atoms with Crippen molar-refractivity contribution in [3.63, 3.8) is 0 Å². The van der Waals surface area contributed by atoms with E-state index < -0.39 is 56.7 Å². The molecule has 12 nitrogen and oxygen atoms in total. The summed E-state index contributed by atoms with van der Waals surface area (Å²) in [6.07, 6.45) is 11.4. The van der Waals surface area contributed by atoms with E-state index in [1.54, 1.807) is 12.1 Å². The number of sulfonamides is 1. The molecule has 0 bridgehead atoms. The van der Waals surface area contributed by atoms with Gasteiger partial charge in [0.15, 0.2) is 5.13 Å². The Kier molecular flexibility index (Phi) is 15.1. The van der Waals surface area contributed by atoms with Gasteiger partial charge in [-0.3, -0.25) is 19.1 Å². The van der Waals surface area contributed by atoms with Crippen LogP contribution in [0.4, 0.5) is 15.2 Å². The molecule has 4 aromatic rings. The SMILES string of the molecule is O=C1N[C@]2(C(=O)NS(=O)(=O)C3CC3)C[C@H]2/C=C\CCCCC[C@H](Nc2nc(-c3ccc(F)cc3)cs2)C(=O)N2CC(OCc3ccccc3N=[C-]c3ccccc3)C[C@@H]12.[CH3-].[Li+]. The van der Waals surface area contributed by atoms with E-state index in [-0.39, 0.29) is 64.0 Å². The second-order valence-corrected chi connectivity index (χ2v) is 18.5. The minimum atomic E-state index is -3.88. The Morgan fingerprint density at radius 2 is 1.77 bits per heavy atom. The van der Waals surface area contributed by atoms with Crippen LogP contribution in [-0.2, 0) is 35.8 Å². The van der Waals surface area contributed by atoms with Gasteiger partial charge in [-0.1, -0.05) is 55.3 Å². The van der Waals surface area contributed by atoms with Crippen LogP contribution < -0.4 is 34.2 Å². The number of aliphatic imine (C=N–C) groups is 1. The van der Waals surface area contributed by atoms with Gasteiger partial charge in [0, 0.05) is 29.8 Å². The minimum absolute atomic E-state index is 0. The number of aromatic nitrogens is 1. The van der Waals surface area contributed by atoms with Gasteiger partial charge in [0.05, 0.1) is 23.7 Å². The molecule has 3 aromatic carbocycles. The average molecular weight is 860 g/mol. The molecule has 61 heavy (non-hydrogen) atoms. The van der Waals surface area contributed by atoms with Crippen molar-refractivity contribution in [2.24, 2.45) is 10.9 Å². The predicted molar refractivity (Wildman–Crippen MR) is 230 cm³/mol. The minimum Gasteiger partial charge on any atom is -0.372 e. The molecule has 0 spiro atoms. The Hall–Kier alpha value is -4.65. The standard InChI is InChI=1S/C44H46FN6O6S2.CH3.Li/c45-33-19-17-30(18-20-33)38-28-58-43(48-38)47-37-16-8-3-1-2-7-14-32-24-44(32,42(54)50-59(55,56)35-21-22-35)49-40(52)39-23-34(26-51(39)41(37)53)57-27-31-13-9-10-15-36(31)46-25-29-11-5-4-6-12-29;;/h4-7,9-15,17-20,28,32,34-35,37,39H,1-3,8,16,21-24,26-27H2,(H,47,48)(H,49,52)(H,50,54);1H3;/q2*-1;+1/b14-7-;;/t32-,34?,37+,39+,44-;;/m1../s1. The van der Waals surface area contributed by atoms with Crippen LogP contribution in [0.3, 0.4) is 0 Å². The summed E-state index contributed by atoms with van der Waals surface area (Å²) in [5, 5.41) is 8.02. The summed E-state index contributed by atoms with van der Waals surface area (Å²) in [5.41, 5.74) is 2.21. The molecule has 0 radical (unpaired) electrons. The maximum Gasteiger partial charge on any atom is 1.00 e. The third-order valence-electron chi connectivity index (χ3n) is 11.3. The molecule has 1 aromatic heterocycles. The summed E-state index contributed by atoms with van der Waals surface area (Å²) in [4.78, 5) is 53.9. The molecule has 4 aliphatic rings. The number of halogens is 1. The zero-order chi connectivity index (χ0) is 41.0. The molecule has 3 fully saturated rings. The van der Waals surface area contributed by atoms with E-state index in [0.717, 1.165) is 42.4 Å². The molecule has 5 atom stereocenters. The summed E-state index contributed by atoms with van der Waals surface area (Å²) < 4.78 is 48.1. The number of rotatable bonds is 11. The molecule has 316 valence electrons. The third kappa shape index (κ3) is 11.1. The second-order valence-electron chi connectivity index (χ2n) is 15.6. The quantitative estimate of drug-likeness (QED) is 0.0885. The molecule has 8 rings (SSSR count).